The number of ketones is 1. The third-order valence-corrected chi connectivity index (χ3v) is 4.96. The van der Waals surface area contributed by atoms with Gasteiger partial charge in [-0.05, 0) is 60.4 Å². The number of carbonyl (C=O) groups is 2. The lowest BCUT2D eigenvalue weighted by Gasteiger charge is -2.29. The van der Waals surface area contributed by atoms with Crippen molar-refractivity contribution in [2.75, 3.05) is 13.7 Å². The standard InChI is InChI=1S/C22H21ClO4/c1-3-27-22(25)21-19(15-7-4-8-17(23)10-15)12-16(13-20(21)24)14-6-5-9-18(11-14)26-2/h4-11,13,19,21H,3,12H2,1-2H3. The molecule has 0 saturated heterocycles. The normalized spacial score (nSPS) is 19.4. The van der Waals surface area contributed by atoms with Gasteiger partial charge in [-0.15, -0.1) is 0 Å². The highest BCUT2D eigenvalue weighted by Crippen LogP contribution is 2.41. The van der Waals surface area contributed by atoms with E-state index in [1.54, 1.807) is 32.2 Å². The Morgan fingerprint density at radius 3 is 2.67 bits per heavy atom. The largest absolute Gasteiger partial charge is 0.497 e. The quantitative estimate of drug-likeness (QED) is 0.555. The SMILES string of the molecule is CCOC(=O)C1C(=O)C=C(c2cccc(OC)c2)CC1c1cccc(Cl)c1. The minimum Gasteiger partial charge on any atom is -0.497 e. The monoisotopic (exact) mass is 384 g/mol. The first-order valence-electron chi connectivity index (χ1n) is 8.84. The van der Waals surface area contributed by atoms with Gasteiger partial charge in [-0.2, -0.15) is 0 Å². The van der Waals surface area contributed by atoms with Crippen LogP contribution in [0.1, 0.15) is 30.4 Å². The fourth-order valence-electron chi connectivity index (χ4n) is 3.46. The molecule has 1 aliphatic carbocycles. The molecule has 5 heteroatoms. The van der Waals surface area contributed by atoms with Crippen LogP contribution in [0.3, 0.4) is 0 Å². The number of halogens is 1. The summed E-state index contributed by atoms with van der Waals surface area (Å²) in [4.78, 5) is 25.4. The molecule has 2 atom stereocenters. The Kier molecular flexibility index (Phi) is 5.97. The van der Waals surface area contributed by atoms with Crippen molar-refractivity contribution in [1.82, 2.24) is 0 Å². The molecule has 4 nitrogen and oxygen atoms in total. The zero-order chi connectivity index (χ0) is 19.4. The number of benzene rings is 2. The number of methoxy groups -OCH3 is 1. The molecule has 0 aromatic heterocycles. The van der Waals surface area contributed by atoms with E-state index in [0.29, 0.717) is 17.2 Å². The van der Waals surface area contributed by atoms with Crippen LogP contribution in [0.5, 0.6) is 5.75 Å². The van der Waals surface area contributed by atoms with Crippen LogP contribution in [0.2, 0.25) is 5.02 Å². The summed E-state index contributed by atoms with van der Waals surface area (Å²) in [6.45, 7) is 1.97. The number of allylic oxidation sites excluding steroid dienone is 2. The molecule has 3 rings (SSSR count). The van der Waals surface area contributed by atoms with E-state index < -0.39 is 11.9 Å². The molecule has 0 spiro atoms. The van der Waals surface area contributed by atoms with Gasteiger partial charge >= 0.3 is 5.97 Å². The van der Waals surface area contributed by atoms with Crippen molar-refractivity contribution in [2.45, 2.75) is 19.3 Å². The maximum atomic E-state index is 12.9. The Morgan fingerprint density at radius 1 is 1.19 bits per heavy atom. The van der Waals surface area contributed by atoms with Crippen LogP contribution in [0.15, 0.2) is 54.6 Å². The van der Waals surface area contributed by atoms with Crippen molar-refractivity contribution in [3.05, 3.63) is 70.8 Å². The number of carbonyl (C=O) groups excluding carboxylic acids is 2. The van der Waals surface area contributed by atoms with E-state index in [2.05, 4.69) is 0 Å². The molecule has 2 unspecified atom stereocenters. The maximum Gasteiger partial charge on any atom is 0.317 e. The summed E-state index contributed by atoms with van der Waals surface area (Å²) in [7, 11) is 1.60. The minimum absolute atomic E-state index is 0.233. The molecule has 0 fully saturated rings. The Bertz CT molecular complexity index is 887. The van der Waals surface area contributed by atoms with Gasteiger partial charge in [0.1, 0.15) is 11.7 Å². The van der Waals surface area contributed by atoms with Crippen molar-refractivity contribution < 1.29 is 19.1 Å². The molecule has 2 aromatic rings. The van der Waals surface area contributed by atoms with E-state index in [-0.39, 0.29) is 18.3 Å². The second-order valence-corrected chi connectivity index (χ2v) is 6.84. The van der Waals surface area contributed by atoms with Crippen molar-refractivity contribution in [3.8, 4) is 5.75 Å². The molecular formula is C22H21ClO4. The highest BCUT2D eigenvalue weighted by molar-refractivity contribution is 6.30. The molecule has 27 heavy (non-hydrogen) atoms. The van der Waals surface area contributed by atoms with Crippen molar-refractivity contribution >= 4 is 28.9 Å². The topological polar surface area (TPSA) is 52.6 Å². The van der Waals surface area contributed by atoms with Crippen LogP contribution < -0.4 is 4.74 Å². The predicted octanol–water partition coefficient (Wildman–Crippen LogP) is 4.67. The lowest BCUT2D eigenvalue weighted by molar-refractivity contribution is -0.151. The lowest BCUT2D eigenvalue weighted by atomic mass is 9.73. The fourth-order valence-corrected chi connectivity index (χ4v) is 3.66. The first kappa shape index (κ1) is 19.2. The summed E-state index contributed by atoms with van der Waals surface area (Å²) >= 11 is 6.15. The van der Waals surface area contributed by atoms with Gasteiger partial charge in [0.15, 0.2) is 5.78 Å². The van der Waals surface area contributed by atoms with E-state index in [9.17, 15) is 9.59 Å². The Hall–Kier alpha value is -2.59. The summed E-state index contributed by atoms with van der Waals surface area (Å²) in [5.74, 6) is -1.22. The summed E-state index contributed by atoms with van der Waals surface area (Å²) in [6, 6.07) is 14.8. The molecule has 0 heterocycles. The molecular weight excluding hydrogens is 364 g/mol. The van der Waals surface area contributed by atoms with Crippen molar-refractivity contribution in [1.29, 1.82) is 0 Å². The summed E-state index contributed by atoms with van der Waals surface area (Å²) in [5.41, 5.74) is 2.61. The highest BCUT2D eigenvalue weighted by Gasteiger charge is 2.39. The van der Waals surface area contributed by atoms with Crippen LogP contribution in [-0.2, 0) is 14.3 Å². The number of esters is 1. The third kappa shape index (κ3) is 4.22. The van der Waals surface area contributed by atoms with Crippen molar-refractivity contribution in [3.63, 3.8) is 0 Å². The average molecular weight is 385 g/mol. The van der Waals surface area contributed by atoms with Gasteiger partial charge in [0.05, 0.1) is 13.7 Å². The van der Waals surface area contributed by atoms with E-state index in [0.717, 1.165) is 16.7 Å². The highest BCUT2D eigenvalue weighted by atomic mass is 35.5. The molecule has 0 radical (unpaired) electrons. The molecule has 0 N–H and O–H groups in total. The van der Waals surface area contributed by atoms with Gasteiger partial charge in [0.25, 0.3) is 0 Å². The number of rotatable bonds is 5. The van der Waals surface area contributed by atoms with Gasteiger partial charge in [-0.1, -0.05) is 35.9 Å². The number of hydrogen-bond acceptors (Lipinski definition) is 4. The first-order valence-corrected chi connectivity index (χ1v) is 9.22. The summed E-state index contributed by atoms with van der Waals surface area (Å²) in [6.07, 6.45) is 2.08. The van der Waals surface area contributed by atoms with Crippen LogP contribution in [0.4, 0.5) is 0 Å². The fraction of sp³-hybridized carbons (Fsp3) is 0.273. The first-order chi connectivity index (χ1) is 13.0. The molecule has 0 saturated carbocycles. The van der Waals surface area contributed by atoms with E-state index >= 15 is 0 Å². The van der Waals surface area contributed by atoms with Gasteiger partial charge in [0.2, 0.25) is 0 Å². The summed E-state index contributed by atoms with van der Waals surface area (Å²) in [5, 5.41) is 0.569. The smallest absolute Gasteiger partial charge is 0.317 e. The van der Waals surface area contributed by atoms with Crippen molar-refractivity contribution in [2.24, 2.45) is 5.92 Å². The van der Waals surface area contributed by atoms with E-state index in [1.807, 2.05) is 36.4 Å². The average Bonchev–Trinajstić information content (AvgIpc) is 2.67. The Balaban J connectivity index is 2.03. The number of hydrogen-bond donors (Lipinski definition) is 0. The Labute approximate surface area is 163 Å². The van der Waals surface area contributed by atoms with Crippen LogP contribution in [-0.4, -0.2) is 25.5 Å². The maximum absolute atomic E-state index is 12.9. The van der Waals surface area contributed by atoms with Crippen LogP contribution in [0.25, 0.3) is 5.57 Å². The predicted molar refractivity (Wildman–Crippen MR) is 105 cm³/mol. The van der Waals surface area contributed by atoms with Gasteiger partial charge in [0, 0.05) is 10.9 Å². The molecule has 2 aromatic carbocycles. The van der Waals surface area contributed by atoms with E-state index in [1.165, 1.54) is 0 Å². The van der Waals surface area contributed by atoms with Gasteiger partial charge in [-0.25, -0.2) is 0 Å². The molecule has 0 amide bonds. The zero-order valence-electron chi connectivity index (χ0n) is 15.3. The second kappa shape index (κ2) is 8.40. The summed E-state index contributed by atoms with van der Waals surface area (Å²) < 4.78 is 10.5. The molecule has 140 valence electrons. The van der Waals surface area contributed by atoms with Gasteiger partial charge < -0.3 is 9.47 Å². The number of ether oxygens (including phenoxy) is 2. The third-order valence-electron chi connectivity index (χ3n) is 4.72. The molecule has 0 aliphatic heterocycles. The lowest BCUT2D eigenvalue weighted by Crippen LogP contribution is -2.34. The van der Waals surface area contributed by atoms with Gasteiger partial charge in [-0.3, -0.25) is 9.59 Å². The minimum atomic E-state index is -0.863. The van der Waals surface area contributed by atoms with Crippen LogP contribution in [0, 0.1) is 5.92 Å². The Morgan fingerprint density at radius 2 is 1.96 bits per heavy atom. The second-order valence-electron chi connectivity index (χ2n) is 6.40. The molecule has 1 aliphatic rings. The zero-order valence-corrected chi connectivity index (χ0v) is 16.0. The van der Waals surface area contributed by atoms with E-state index in [4.69, 9.17) is 21.1 Å². The molecule has 0 bridgehead atoms. The van der Waals surface area contributed by atoms with Crippen LogP contribution >= 0.6 is 11.6 Å².